The fourth-order valence-corrected chi connectivity index (χ4v) is 4.51. The number of hydrogen-bond acceptors (Lipinski definition) is 7. The van der Waals surface area contributed by atoms with E-state index in [0.717, 1.165) is 18.6 Å². The van der Waals surface area contributed by atoms with Gasteiger partial charge in [-0.25, -0.2) is 8.78 Å². The molecule has 3 aliphatic rings. The number of fused-ring (bicyclic) bond motifs is 1. The molecule has 0 radical (unpaired) electrons. The number of oxime groups is 1. The molecule has 0 saturated carbocycles. The number of ketones is 1. The Hall–Kier alpha value is -2.52. The molecule has 0 bridgehead atoms. The minimum atomic E-state index is -0.807. The predicted molar refractivity (Wildman–Crippen MR) is 111 cm³/mol. The summed E-state index contributed by atoms with van der Waals surface area (Å²) in [6.45, 7) is 4.56. The number of rotatable bonds is 8. The van der Waals surface area contributed by atoms with Crippen LogP contribution in [0.25, 0.3) is 0 Å². The van der Waals surface area contributed by atoms with Gasteiger partial charge in [-0.2, -0.15) is 0 Å². The number of Topliss-reactive ketones (excluding diaryl/α,β-unsaturated/α-hetero) is 1. The second-order valence-corrected chi connectivity index (χ2v) is 8.43. The molecule has 4 atom stereocenters. The molecule has 1 aromatic carbocycles. The lowest BCUT2D eigenvalue weighted by Gasteiger charge is -2.30. The van der Waals surface area contributed by atoms with Crippen molar-refractivity contribution in [3.63, 3.8) is 0 Å². The first-order valence-corrected chi connectivity index (χ1v) is 10.9. The molecule has 4 rings (SSSR count). The van der Waals surface area contributed by atoms with Gasteiger partial charge in [-0.15, -0.1) is 0 Å². The average Bonchev–Trinajstić information content (AvgIpc) is 3.50. The maximum Gasteiger partial charge on any atom is 0.168 e. The number of hydrogen-bond donors (Lipinski definition) is 1. The van der Waals surface area contributed by atoms with E-state index in [2.05, 4.69) is 5.16 Å². The Morgan fingerprint density at radius 2 is 2.19 bits per heavy atom. The van der Waals surface area contributed by atoms with Crippen LogP contribution in [0.4, 0.5) is 8.78 Å². The van der Waals surface area contributed by atoms with Crippen molar-refractivity contribution in [1.82, 2.24) is 0 Å². The zero-order valence-corrected chi connectivity index (χ0v) is 18.1. The van der Waals surface area contributed by atoms with Gasteiger partial charge in [0.25, 0.3) is 0 Å². The highest BCUT2D eigenvalue weighted by Gasteiger charge is 2.63. The standard InChI is InChI=1S/C23H27F2NO6/c1-3-17(26-30-11-13(2)31-20-5-4-15(24)10-16(20)25)22-18(27)8-14(9-19(22)28)23-6-7-29-12-21(23)32-23/h4-5,10,13-14,21,27H,3,6-9,11-12H2,1-2H3/b26-17-. The minimum absolute atomic E-state index is 0.00141. The summed E-state index contributed by atoms with van der Waals surface area (Å²) in [6.07, 6.45) is 1.15. The highest BCUT2D eigenvalue weighted by molar-refractivity contribution is 6.23. The second-order valence-electron chi connectivity index (χ2n) is 8.43. The molecule has 0 aromatic heterocycles. The summed E-state index contributed by atoms with van der Waals surface area (Å²) in [7, 11) is 0. The van der Waals surface area contributed by atoms with E-state index in [1.165, 1.54) is 6.07 Å². The van der Waals surface area contributed by atoms with E-state index >= 15 is 0 Å². The second kappa shape index (κ2) is 9.15. The summed E-state index contributed by atoms with van der Waals surface area (Å²) in [5.74, 6) is -1.85. The van der Waals surface area contributed by atoms with Crippen LogP contribution in [0.2, 0.25) is 0 Å². The van der Waals surface area contributed by atoms with Gasteiger partial charge < -0.3 is 24.2 Å². The molecular weight excluding hydrogens is 424 g/mol. The van der Waals surface area contributed by atoms with Gasteiger partial charge in [0.1, 0.15) is 29.4 Å². The Morgan fingerprint density at radius 1 is 1.38 bits per heavy atom. The molecular formula is C23H27F2NO6. The largest absolute Gasteiger partial charge is 0.511 e. The number of benzene rings is 1. The lowest BCUT2D eigenvalue weighted by Crippen LogP contribution is -2.38. The Balaban J connectivity index is 1.38. The third-order valence-electron chi connectivity index (χ3n) is 6.22. The van der Waals surface area contributed by atoms with Crippen LogP contribution < -0.4 is 4.74 Å². The summed E-state index contributed by atoms with van der Waals surface area (Å²) in [6, 6.07) is 3.04. The number of halogens is 2. The molecule has 4 unspecified atom stereocenters. The lowest BCUT2D eigenvalue weighted by molar-refractivity contribution is -0.117. The van der Waals surface area contributed by atoms with Crippen LogP contribution in [0.1, 0.15) is 39.5 Å². The Labute approximate surface area is 185 Å². The van der Waals surface area contributed by atoms with E-state index in [0.29, 0.717) is 31.8 Å². The summed E-state index contributed by atoms with van der Waals surface area (Å²) in [5, 5.41) is 14.7. The van der Waals surface area contributed by atoms with Crippen LogP contribution in [-0.2, 0) is 19.1 Å². The van der Waals surface area contributed by atoms with Gasteiger partial charge in [-0.1, -0.05) is 12.1 Å². The first-order chi connectivity index (χ1) is 15.3. The van der Waals surface area contributed by atoms with Crippen LogP contribution in [0.5, 0.6) is 5.75 Å². The SMILES string of the molecule is CC/C(=N/OCC(C)Oc1ccc(F)cc1F)C1=C(O)CC(C23CCOCC2O3)CC1=O. The van der Waals surface area contributed by atoms with Gasteiger partial charge in [0, 0.05) is 37.9 Å². The minimum Gasteiger partial charge on any atom is -0.511 e. The molecule has 0 spiro atoms. The molecule has 2 fully saturated rings. The molecule has 174 valence electrons. The van der Waals surface area contributed by atoms with E-state index in [1.54, 1.807) is 6.92 Å². The van der Waals surface area contributed by atoms with Crippen LogP contribution in [0.15, 0.2) is 34.7 Å². The summed E-state index contributed by atoms with van der Waals surface area (Å²) in [4.78, 5) is 18.2. The Morgan fingerprint density at radius 3 is 2.88 bits per heavy atom. The van der Waals surface area contributed by atoms with Gasteiger partial charge in [-0.05, 0) is 25.5 Å². The maximum absolute atomic E-state index is 13.7. The number of ether oxygens (including phenoxy) is 3. The molecule has 1 aromatic rings. The van der Waals surface area contributed by atoms with Gasteiger partial charge in [0.05, 0.1) is 17.9 Å². The van der Waals surface area contributed by atoms with E-state index in [-0.39, 0.29) is 53.5 Å². The lowest BCUT2D eigenvalue weighted by atomic mass is 9.74. The van der Waals surface area contributed by atoms with E-state index < -0.39 is 17.7 Å². The molecule has 2 heterocycles. The van der Waals surface area contributed by atoms with E-state index in [1.807, 2.05) is 6.92 Å². The fraction of sp³-hybridized carbons (Fsp3) is 0.565. The van der Waals surface area contributed by atoms with Crippen molar-refractivity contribution < 1.29 is 37.7 Å². The first kappa shape index (κ1) is 22.7. The number of epoxide rings is 1. The van der Waals surface area contributed by atoms with E-state index in [9.17, 15) is 18.7 Å². The summed E-state index contributed by atoms with van der Waals surface area (Å²) >= 11 is 0. The zero-order valence-electron chi connectivity index (χ0n) is 18.1. The average molecular weight is 451 g/mol. The third-order valence-corrected chi connectivity index (χ3v) is 6.22. The molecule has 1 aliphatic carbocycles. The van der Waals surface area contributed by atoms with Crippen LogP contribution in [-0.4, -0.2) is 54.2 Å². The maximum atomic E-state index is 13.7. The zero-order chi connectivity index (χ0) is 22.9. The van der Waals surface area contributed by atoms with Crippen molar-refractivity contribution in [1.29, 1.82) is 0 Å². The van der Waals surface area contributed by atoms with Gasteiger partial charge in [0.15, 0.2) is 24.0 Å². The fourth-order valence-electron chi connectivity index (χ4n) is 4.51. The van der Waals surface area contributed by atoms with Gasteiger partial charge in [-0.3, -0.25) is 4.79 Å². The number of aliphatic hydroxyl groups is 1. The van der Waals surface area contributed by atoms with E-state index in [4.69, 9.17) is 19.0 Å². The number of aliphatic hydroxyl groups excluding tert-OH is 1. The van der Waals surface area contributed by atoms with Crippen molar-refractivity contribution in [2.45, 2.75) is 57.3 Å². The van der Waals surface area contributed by atoms with Gasteiger partial charge >= 0.3 is 0 Å². The molecule has 0 amide bonds. The number of carbonyl (C=O) groups is 1. The van der Waals surface area contributed by atoms with Gasteiger partial charge in [0.2, 0.25) is 0 Å². The first-order valence-electron chi connectivity index (χ1n) is 10.9. The smallest absolute Gasteiger partial charge is 0.168 e. The predicted octanol–water partition coefficient (Wildman–Crippen LogP) is 3.86. The molecule has 32 heavy (non-hydrogen) atoms. The summed E-state index contributed by atoms with van der Waals surface area (Å²) < 4.78 is 43.4. The third kappa shape index (κ3) is 4.49. The van der Waals surface area contributed by atoms with Crippen molar-refractivity contribution in [3.8, 4) is 5.75 Å². The van der Waals surface area contributed by atoms with Crippen LogP contribution in [0, 0.1) is 17.6 Å². The topological polar surface area (TPSA) is 89.9 Å². The van der Waals surface area contributed by atoms with Crippen molar-refractivity contribution >= 4 is 11.5 Å². The number of nitrogens with zero attached hydrogens (tertiary/aromatic N) is 1. The molecule has 7 nitrogen and oxygen atoms in total. The quantitative estimate of drug-likeness (QED) is 0.367. The van der Waals surface area contributed by atoms with Crippen molar-refractivity contribution in [2.75, 3.05) is 19.8 Å². The summed E-state index contributed by atoms with van der Waals surface area (Å²) in [5.41, 5.74) is 0.182. The normalized spacial score (nSPS) is 28.9. The monoisotopic (exact) mass is 451 g/mol. The van der Waals surface area contributed by atoms with Crippen LogP contribution in [0.3, 0.4) is 0 Å². The highest BCUT2D eigenvalue weighted by atomic mass is 19.1. The highest BCUT2D eigenvalue weighted by Crippen LogP contribution is 2.53. The molecule has 2 saturated heterocycles. The van der Waals surface area contributed by atoms with Crippen molar-refractivity contribution in [3.05, 3.63) is 41.2 Å². The molecule has 1 N–H and O–H groups in total. The Kier molecular flexibility index (Phi) is 6.48. The van der Waals surface area contributed by atoms with Crippen LogP contribution >= 0.6 is 0 Å². The molecule has 9 heteroatoms. The van der Waals surface area contributed by atoms with Crippen molar-refractivity contribution in [2.24, 2.45) is 11.1 Å². The number of carbonyl (C=O) groups excluding carboxylic acids is 1. The molecule has 2 aliphatic heterocycles. The number of allylic oxidation sites excluding steroid dienone is 2. The Bertz CT molecular complexity index is 948.